The monoisotopic (exact) mass is 380 g/mol. The Hall–Kier alpha value is -3.20. The van der Waals surface area contributed by atoms with Gasteiger partial charge in [0.15, 0.2) is 0 Å². The third-order valence-corrected chi connectivity index (χ3v) is 5.99. The van der Waals surface area contributed by atoms with Gasteiger partial charge in [0.1, 0.15) is 0 Å². The Balaban J connectivity index is 1.35. The summed E-state index contributed by atoms with van der Waals surface area (Å²) in [5, 5.41) is 8.39. The molecule has 1 aliphatic rings. The molecule has 0 unspecified atom stereocenters. The molecule has 0 radical (unpaired) electrons. The van der Waals surface area contributed by atoms with Gasteiger partial charge in [-0.05, 0) is 65.6 Å². The second-order valence-electron chi connectivity index (χ2n) is 7.96. The van der Waals surface area contributed by atoms with E-state index in [1.165, 1.54) is 42.4 Å². The van der Waals surface area contributed by atoms with E-state index in [1.807, 2.05) is 42.5 Å². The third-order valence-electron chi connectivity index (χ3n) is 5.99. The van der Waals surface area contributed by atoms with Crippen molar-refractivity contribution in [3.63, 3.8) is 0 Å². The summed E-state index contributed by atoms with van der Waals surface area (Å²) in [7, 11) is 0. The molecule has 4 aromatic rings. The molecule has 3 heteroatoms. The summed E-state index contributed by atoms with van der Waals surface area (Å²) < 4.78 is 5.86. The van der Waals surface area contributed by atoms with Gasteiger partial charge in [-0.2, -0.15) is 0 Å². The van der Waals surface area contributed by atoms with Gasteiger partial charge >= 0.3 is 0 Å². The molecule has 0 N–H and O–H groups in total. The van der Waals surface area contributed by atoms with Crippen LogP contribution in [0.5, 0.6) is 0 Å². The van der Waals surface area contributed by atoms with Crippen molar-refractivity contribution in [1.29, 1.82) is 0 Å². The van der Waals surface area contributed by atoms with Gasteiger partial charge in [0.25, 0.3) is 0 Å². The Bertz CT molecular complexity index is 1090. The van der Waals surface area contributed by atoms with Gasteiger partial charge in [-0.1, -0.05) is 67.9 Å². The molecule has 29 heavy (non-hydrogen) atoms. The van der Waals surface area contributed by atoms with E-state index >= 15 is 0 Å². The molecular weight excluding hydrogens is 356 g/mol. The summed E-state index contributed by atoms with van der Waals surface area (Å²) in [5.41, 5.74) is 6.26. The Morgan fingerprint density at radius 3 is 1.76 bits per heavy atom. The van der Waals surface area contributed by atoms with Crippen molar-refractivity contribution < 1.29 is 4.42 Å². The minimum Gasteiger partial charge on any atom is -0.416 e. The summed E-state index contributed by atoms with van der Waals surface area (Å²) in [6.07, 6.45) is 5.23. The van der Waals surface area contributed by atoms with E-state index in [9.17, 15) is 0 Å². The maximum atomic E-state index is 5.86. The van der Waals surface area contributed by atoms with Gasteiger partial charge < -0.3 is 4.42 Å². The lowest BCUT2D eigenvalue weighted by Gasteiger charge is -2.15. The number of benzene rings is 3. The number of nitrogens with zero attached hydrogens (tertiary/aromatic N) is 2. The first kappa shape index (κ1) is 17.9. The first-order valence-corrected chi connectivity index (χ1v) is 10.4. The summed E-state index contributed by atoms with van der Waals surface area (Å²) in [5.74, 6) is 1.09. The van der Waals surface area contributed by atoms with Crippen molar-refractivity contribution in [2.24, 2.45) is 0 Å². The van der Waals surface area contributed by atoms with Crippen LogP contribution in [0, 0.1) is 0 Å². The average Bonchev–Trinajstić information content (AvgIpc) is 3.40. The molecule has 0 amide bonds. The normalized spacial score (nSPS) is 14.7. The quantitative estimate of drug-likeness (QED) is 0.365. The second kappa shape index (κ2) is 7.32. The first-order chi connectivity index (χ1) is 14.3. The number of rotatable bonds is 6. The van der Waals surface area contributed by atoms with Crippen molar-refractivity contribution in [2.75, 3.05) is 0 Å². The molecule has 1 aliphatic carbocycles. The predicted octanol–water partition coefficient (Wildman–Crippen LogP) is 6.90. The van der Waals surface area contributed by atoms with Crippen LogP contribution in [0.3, 0.4) is 0 Å². The lowest BCUT2D eigenvalue weighted by atomic mass is 9.90. The Kier molecular flexibility index (Phi) is 4.51. The van der Waals surface area contributed by atoms with E-state index in [1.54, 1.807) is 0 Å². The second-order valence-corrected chi connectivity index (χ2v) is 7.96. The van der Waals surface area contributed by atoms with Crippen molar-refractivity contribution in [1.82, 2.24) is 10.2 Å². The molecule has 1 aromatic heterocycles. The van der Waals surface area contributed by atoms with Crippen molar-refractivity contribution in [3.05, 3.63) is 84.4 Å². The van der Waals surface area contributed by atoms with E-state index in [4.69, 9.17) is 4.42 Å². The molecule has 144 valence electrons. The van der Waals surface area contributed by atoms with Crippen LogP contribution in [0.2, 0.25) is 0 Å². The van der Waals surface area contributed by atoms with Crippen LogP contribution in [0.25, 0.3) is 34.0 Å². The number of hydrogen-bond acceptors (Lipinski definition) is 3. The lowest BCUT2D eigenvalue weighted by molar-refractivity contribution is 0.584. The van der Waals surface area contributed by atoms with E-state index in [0.29, 0.717) is 17.2 Å². The molecule has 1 heterocycles. The Labute approximate surface area is 171 Å². The fraction of sp³-hybridized carbons (Fsp3) is 0.231. The minimum absolute atomic E-state index is 0.464. The molecular formula is C26H24N2O. The largest absolute Gasteiger partial charge is 0.416 e. The number of aromatic nitrogens is 2. The van der Waals surface area contributed by atoms with Gasteiger partial charge in [0, 0.05) is 11.1 Å². The molecule has 0 bridgehead atoms. The topological polar surface area (TPSA) is 38.9 Å². The van der Waals surface area contributed by atoms with Crippen LogP contribution in [0.4, 0.5) is 0 Å². The molecule has 0 atom stereocenters. The van der Waals surface area contributed by atoms with Crippen LogP contribution in [0.1, 0.15) is 38.2 Å². The fourth-order valence-corrected chi connectivity index (χ4v) is 4.17. The zero-order valence-electron chi connectivity index (χ0n) is 16.6. The summed E-state index contributed by atoms with van der Waals surface area (Å²) in [6.45, 7) is 2.28. The summed E-state index contributed by atoms with van der Waals surface area (Å²) >= 11 is 0. The van der Waals surface area contributed by atoms with Gasteiger partial charge in [-0.25, -0.2) is 0 Å². The molecule has 5 rings (SSSR count). The van der Waals surface area contributed by atoms with Gasteiger partial charge in [0.2, 0.25) is 11.8 Å². The van der Waals surface area contributed by atoms with Crippen LogP contribution in [-0.2, 0) is 5.41 Å². The first-order valence-electron chi connectivity index (χ1n) is 10.4. The third kappa shape index (κ3) is 3.49. The average molecular weight is 380 g/mol. The van der Waals surface area contributed by atoms with Crippen molar-refractivity contribution >= 4 is 0 Å². The van der Waals surface area contributed by atoms with Crippen molar-refractivity contribution in [2.45, 2.75) is 38.0 Å². The maximum Gasteiger partial charge on any atom is 0.248 e. The smallest absolute Gasteiger partial charge is 0.248 e. The van der Waals surface area contributed by atoms with E-state index in [-0.39, 0.29) is 0 Å². The summed E-state index contributed by atoms with van der Waals surface area (Å²) in [4.78, 5) is 0. The maximum absolute atomic E-state index is 5.86. The zero-order valence-corrected chi connectivity index (χ0v) is 16.6. The highest BCUT2D eigenvalue weighted by Gasteiger charge is 2.42. The zero-order chi connectivity index (χ0) is 19.7. The molecule has 1 fully saturated rings. The van der Waals surface area contributed by atoms with E-state index < -0.39 is 0 Å². The van der Waals surface area contributed by atoms with Gasteiger partial charge in [-0.3, -0.25) is 0 Å². The highest BCUT2D eigenvalue weighted by molar-refractivity contribution is 5.68. The fourth-order valence-electron chi connectivity index (χ4n) is 4.17. The van der Waals surface area contributed by atoms with Crippen LogP contribution < -0.4 is 0 Å². The minimum atomic E-state index is 0.464. The predicted molar refractivity (Wildman–Crippen MR) is 116 cm³/mol. The van der Waals surface area contributed by atoms with Gasteiger partial charge in [0.05, 0.1) is 0 Å². The van der Waals surface area contributed by atoms with Gasteiger partial charge in [-0.15, -0.1) is 10.2 Å². The van der Waals surface area contributed by atoms with Crippen LogP contribution in [-0.4, -0.2) is 10.2 Å². The summed E-state index contributed by atoms with van der Waals surface area (Å²) in [6, 6.07) is 27.3. The Morgan fingerprint density at radius 1 is 0.690 bits per heavy atom. The highest BCUT2D eigenvalue weighted by Crippen LogP contribution is 2.51. The molecule has 0 aliphatic heterocycles. The van der Waals surface area contributed by atoms with E-state index in [2.05, 4.69) is 53.5 Å². The van der Waals surface area contributed by atoms with Crippen LogP contribution in [0.15, 0.2) is 83.3 Å². The number of hydrogen-bond donors (Lipinski definition) is 0. The van der Waals surface area contributed by atoms with Crippen LogP contribution >= 0.6 is 0 Å². The molecule has 3 aromatic carbocycles. The highest BCUT2D eigenvalue weighted by atomic mass is 16.4. The molecule has 1 saturated carbocycles. The Morgan fingerprint density at radius 2 is 1.21 bits per heavy atom. The molecule has 0 spiro atoms. The molecule has 3 nitrogen and oxygen atoms in total. The standard InChI is InChI=1S/C26H24N2O/c1-2-16-26(17-18-26)23-14-12-20(13-15-23)19-8-10-22(11-9-19)25-28-27-24(29-25)21-6-4-3-5-7-21/h3-15H,2,16-18H2,1H3. The van der Waals surface area contributed by atoms with Crippen molar-refractivity contribution in [3.8, 4) is 34.0 Å². The molecule has 0 saturated heterocycles. The van der Waals surface area contributed by atoms with E-state index in [0.717, 1.165) is 11.1 Å². The SMILES string of the molecule is CCCC1(c2ccc(-c3ccc(-c4nnc(-c5ccccc5)o4)cc3)cc2)CC1. The lowest BCUT2D eigenvalue weighted by Crippen LogP contribution is -2.05.